The Morgan fingerprint density at radius 2 is 1.57 bits per heavy atom. The minimum Gasteiger partial charge on any atom is -0.497 e. The van der Waals surface area contributed by atoms with Crippen LogP contribution in [0, 0.1) is 5.41 Å². The van der Waals surface area contributed by atoms with Crippen molar-refractivity contribution in [2.24, 2.45) is 11.1 Å². The lowest BCUT2D eigenvalue weighted by Gasteiger charge is -2.58. The molecule has 3 aromatic rings. The van der Waals surface area contributed by atoms with Gasteiger partial charge in [0.25, 0.3) is 0 Å². The van der Waals surface area contributed by atoms with Gasteiger partial charge in [-0.3, -0.25) is 19.5 Å². The van der Waals surface area contributed by atoms with Gasteiger partial charge in [-0.05, 0) is 84.2 Å². The van der Waals surface area contributed by atoms with E-state index >= 15 is 0 Å². The number of methoxy groups -OCH3 is 1. The number of piperazine rings is 1. The number of anilines is 1. The molecule has 3 saturated heterocycles. The Hall–Kier alpha value is -3.43. The Balaban J connectivity index is 1.05. The molecule has 46 heavy (non-hydrogen) atoms. The topological polar surface area (TPSA) is 74.5 Å². The average molecular weight is 624 g/mol. The fourth-order valence-corrected chi connectivity index (χ4v) is 8.36. The third-order valence-corrected chi connectivity index (χ3v) is 11.1. The third-order valence-electron chi connectivity index (χ3n) is 11.1. The van der Waals surface area contributed by atoms with E-state index in [2.05, 4.69) is 68.1 Å². The van der Waals surface area contributed by atoms with Gasteiger partial charge < -0.3 is 20.1 Å². The minimum absolute atomic E-state index is 0.367. The van der Waals surface area contributed by atoms with Crippen molar-refractivity contribution in [3.05, 3.63) is 95.1 Å². The maximum Gasteiger partial charge on any atom is 0.248 e. The number of hydrogen-bond donors (Lipinski definition) is 1. The summed E-state index contributed by atoms with van der Waals surface area (Å²) in [6, 6.07) is 26.6. The molecule has 7 rings (SSSR count). The fraction of sp³-hybridized carbons (Fsp3) is 0.500. The van der Waals surface area contributed by atoms with E-state index in [1.807, 2.05) is 24.3 Å². The van der Waals surface area contributed by atoms with Crippen LogP contribution in [0.4, 0.5) is 5.69 Å². The number of morpholine rings is 1. The zero-order valence-corrected chi connectivity index (χ0v) is 27.3. The molecule has 3 aliphatic heterocycles. The molecule has 1 aliphatic carbocycles. The number of ether oxygens (including phenoxy) is 2. The second kappa shape index (κ2) is 13.7. The molecule has 2 N–H and O–H groups in total. The van der Waals surface area contributed by atoms with Crippen LogP contribution in [-0.4, -0.2) is 92.8 Å². The lowest BCUT2D eigenvalue weighted by Crippen LogP contribution is -2.60. The van der Waals surface area contributed by atoms with Gasteiger partial charge in [0, 0.05) is 82.2 Å². The van der Waals surface area contributed by atoms with E-state index in [4.69, 9.17) is 15.2 Å². The average Bonchev–Trinajstić information content (AvgIpc) is 3.08. The highest BCUT2D eigenvalue weighted by molar-refractivity contribution is 5.93. The highest BCUT2D eigenvalue weighted by Crippen LogP contribution is 2.53. The van der Waals surface area contributed by atoms with E-state index in [-0.39, 0.29) is 5.91 Å². The first-order chi connectivity index (χ1) is 22.5. The highest BCUT2D eigenvalue weighted by Gasteiger charge is 2.50. The summed E-state index contributed by atoms with van der Waals surface area (Å²) in [4.78, 5) is 22.1. The Kier molecular flexibility index (Phi) is 9.31. The fourth-order valence-electron chi connectivity index (χ4n) is 8.36. The van der Waals surface area contributed by atoms with Gasteiger partial charge in [-0.1, -0.05) is 36.4 Å². The molecule has 1 amide bonds. The van der Waals surface area contributed by atoms with E-state index in [1.54, 1.807) is 7.11 Å². The number of carbonyl (C=O) groups excluding carboxylic acids is 1. The van der Waals surface area contributed by atoms with Crippen molar-refractivity contribution in [3.8, 4) is 5.75 Å². The lowest BCUT2D eigenvalue weighted by atomic mass is 9.59. The largest absolute Gasteiger partial charge is 0.497 e. The Morgan fingerprint density at radius 3 is 2.26 bits per heavy atom. The van der Waals surface area contributed by atoms with Crippen LogP contribution in [0.15, 0.2) is 72.8 Å². The summed E-state index contributed by atoms with van der Waals surface area (Å²) in [7, 11) is 1.73. The molecule has 4 fully saturated rings. The quantitative estimate of drug-likeness (QED) is 0.362. The van der Waals surface area contributed by atoms with Crippen molar-refractivity contribution >= 4 is 11.6 Å². The molecule has 8 heteroatoms. The maximum absolute atomic E-state index is 11.5. The number of piperidine rings is 1. The van der Waals surface area contributed by atoms with Gasteiger partial charge in [0.15, 0.2) is 0 Å². The van der Waals surface area contributed by atoms with Gasteiger partial charge in [0.1, 0.15) is 5.75 Å². The number of hydrogen-bond acceptors (Lipinski definition) is 7. The summed E-state index contributed by atoms with van der Waals surface area (Å²) in [5.74, 6) is 0.544. The van der Waals surface area contributed by atoms with E-state index < -0.39 is 0 Å². The van der Waals surface area contributed by atoms with Crippen molar-refractivity contribution in [1.82, 2.24) is 14.7 Å². The summed E-state index contributed by atoms with van der Waals surface area (Å²) < 4.78 is 11.1. The zero-order chi connectivity index (χ0) is 31.5. The molecule has 0 radical (unpaired) electrons. The molecule has 1 saturated carbocycles. The molecule has 1 spiro atoms. The predicted molar refractivity (Wildman–Crippen MR) is 182 cm³/mol. The van der Waals surface area contributed by atoms with Crippen LogP contribution in [0.5, 0.6) is 5.75 Å². The van der Waals surface area contributed by atoms with Crippen molar-refractivity contribution < 1.29 is 14.3 Å². The van der Waals surface area contributed by atoms with Crippen LogP contribution >= 0.6 is 0 Å². The van der Waals surface area contributed by atoms with Crippen molar-refractivity contribution in [3.63, 3.8) is 0 Å². The summed E-state index contributed by atoms with van der Waals surface area (Å²) in [6.45, 7) is 11.0. The summed E-state index contributed by atoms with van der Waals surface area (Å²) in [5.41, 5.74) is 12.0. The van der Waals surface area contributed by atoms with Gasteiger partial charge in [0.2, 0.25) is 5.91 Å². The van der Waals surface area contributed by atoms with E-state index in [9.17, 15) is 4.79 Å². The number of primary amides is 1. The normalized spacial score (nSPS) is 22.9. The van der Waals surface area contributed by atoms with Gasteiger partial charge in [0.05, 0.1) is 20.3 Å². The van der Waals surface area contributed by atoms with Gasteiger partial charge >= 0.3 is 0 Å². The highest BCUT2D eigenvalue weighted by atomic mass is 16.5. The van der Waals surface area contributed by atoms with Crippen LogP contribution in [0.1, 0.15) is 58.8 Å². The first kappa shape index (κ1) is 31.2. The number of carbonyl (C=O) groups is 1. The maximum atomic E-state index is 11.5. The summed E-state index contributed by atoms with van der Waals surface area (Å²) in [5, 5.41) is 0. The summed E-state index contributed by atoms with van der Waals surface area (Å²) in [6.07, 6.45) is 5.05. The van der Waals surface area contributed by atoms with Crippen LogP contribution < -0.4 is 15.4 Å². The molecule has 4 aliphatic rings. The first-order valence-electron chi connectivity index (χ1n) is 17.1. The second-order valence-electron chi connectivity index (χ2n) is 13.9. The number of nitrogens with two attached hydrogens (primary N) is 1. The number of nitrogens with zero attached hydrogens (tertiary/aromatic N) is 4. The Labute approximate surface area is 274 Å². The molecule has 3 aromatic carbocycles. The van der Waals surface area contributed by atoms with Crippen molar-refractivity contribution in [2.45, 2.75) is 50.9 Å². The zero-order valence-electron chi connectivity index (χ0n) is 27.3. The summed E-state index contributed by atoms with van der Waals surface area (Å²) >= 11 is 0. The predicted octanol–water partition coefficient (Wildman–Crippen LogP) is 4.93. The Morgan fingerprint density at radius 1 is 0.848 bits per heavy atom. The van der Waals surface area contributed by atoms with E-state index in [0.29, 0.717) is 23.1 Å². The van der Waals surface area contributed by atoms with Gasteiger partial charge in [-0.2, -0.15) is 0 Å². The van der Waals surface area contributed by atoms with Crippen molar-refractivity contribution in [1.29, 1.82) is 0 Å². The van der Waals surface area contributed by atoms with E-state index in [0.717, 1.165) is 77.9 Å². The third kappa shape index (κ3) is 6.81. The Bertz CT molecular complexity index is 1460. The van der Waals surface area contributed by atoms with Crippen molar-refractivity contribution in [2.75, 3.05) is 71.0 Å². The molecule has 0 aromatic heterocycles. The van der Waals surface area contributed by atoms with E-state index in [1.165, 1.54) is 48.1 Å². The molecule has 244 valence electrons. The molecule has 0 bridgehead atoms. The van der Waals surface area contributed by atoms with Crippen LogP contribution in [0.2, 0.25) is 0 Å². The second-order valence-corrected chi connectivity index (χ2v) is 13.9. The molecular weight excluding hydrogens is 574 g/mol. The van der Waals surface area contributed by atoms with Crippen LogP contribution in [0.25, 0.3) is 0 Å². The minimum atomic E-state index is -0.367. The molecule has 1 atom stereocenters. The molecule has 3 heterocycles. The number of rotatable bonds is 9. The number of benzene rings is 3. The number of amides is 1. The SMILES string of the molecule is COc1ccc(CN2CCN(C3CC4(CCN(c5ccc(C(N)=O)cc5)CC4)C3)C(c3ccccc3CN3CCOCC3)C2)cc1. The van der Waals surface area contributed by atoms with Gasteiger partial charge in [-0.25, -0.2) is 0 Å². The van der Waals surface area contributed by atoms with Crippen LogP contribution in [0.3, 0.4) is 0 Å². The van der Waals surface area contributed by atoms with Crippen LogP contribution in [-0.2, 0) is 17.8 Å². The van der Waals surface area contributed by atoms with Gasteiger partial charge in [-0.15, -0.1) is 0 Å². The molecule has 8 nitrogen and oxygen atoms in total. The molecular formula is C38H49N5O3. The lowest BCUT2D eigenvalue weighted by molar-refractivity contribution is -0.0629. The smallest absolute Gasteiger partial charge is 0.248 e. The standard InChI is InChI=1S/C38H49N5O3/c1-45-34-12-6-29(7-13-34)26-41-18-19-43(36(28-41)35-5-3-2-4-31(35)27-40-20-22-46-23-21-40)33-24-38(25-33)14-16-42(17-15-38)32-10-8-30(9-11-32)37(39)44/h2-13,33,36H,14-28H2,1H3,(H2,39,44). The first-order valence-corrected chi connectivity index (χ1v) is 17.1. The molecule has 1 unspecified atom stereocenters. The monoisotopic (exact) mass is 623 g/mol.